The molecule has 0 heterocycles. The highest BCUT2D eigenvalue weighted by Gasteiger charge is 2.26. The Hall–Kier alpha value is -2.58. The van der Waals surface area contributed by atoms with E-state index >= 15 is 0 Å². The molecule has 1 atom stereocenters. The van der Waals surface area contributed by atoms with E-state index in [2.05, 4.69) is 5.32 Å². The van der Waals surface area contributed by atoms with Crippen molar-refractivity contribution in [2.75, 3.05) is 24.2 Å². The summed E-state index contributed by atoms with van der Waals surface area (Å²) < 4.78 is 25.7. The smallest absolute Gasteiger partial charge is 0.242 e. The fourth-order valence-corrected chi connectivity index (χ4v) is 4.36. The molecule has 0 saturated heterocycles. The molecule has 0 aliphatic carbocycles. The van der Waals surface area contributed by atoms with Crippen LogP contribution in [0, 0.1) is 0 Å². The zero-order chi connectivity index (χ0) is 23.0. The summed E-state index contributed by atoms with van der Waals surface area (Å²) in [7, 11) is -1.98. The molecule has 0 radical (unpaired) electrons. The van der Waals surface area contributed by atoms with Gasteiger partial charge in [-0.15, -0.1) is 0 Å². The van der Waals surface area contributed by atoms with Gasteiger partial charge in [-0.2, -0.15) is 0 Å². The summed E-state index contributed by atoms with van der Waals surface area (Å²) in [6.07, 6.45) is 1.53. The van der Waals surface area contributed by atoms with Crippen molar-refractivity contribution in [3.05, 3.63) is 65.2 Å². The number of rotatable bonds is 10. The lowest BCUT2D eigenvalue weighted by Crippen LogP contribution is -2.46. The third kappa shape index (κ3) is 6.97. The third-order valence-corrected chi connectivity index (χ3v) is 6.47. The van der Waals surface area contributed by atoms with Gasteiger partial charge in [-0.05, 0) is 37.1 Å². The number of benzene rings is 2. The fourth-order valence-electron chi connectivity index (χ4n) is 3.20. The van der Waals surface area contributed by atoms with Gasteiger partial charge in [-0.25, -0.2) is 8.42 Å². The van der Waals surface area contributed by atoms with E-state index in [9.17, 15) is 18.0 Å². The maximum atomic E-state index is 13.0. The number of nitrogens with zero attached hydrogens (tertiary/aromatic N) is 2. The normalized spacial score (nSPS) is 12.1. The molecule has 2 rings (SSSR count). The zero-order valence-corrected chi connectivity index (χ0v) is 19.5. The molecule has 2 aromatic carbocycles. The monoisotopic (exact) mass is 465 g/mol. The molecule has 0 fully saturated rings. The number of likely N-dealkylation sites (N-methyl/N-ethyl adjacent to an activating group) is 1. The highest BCUT2D eigenvalue weighted by Crippen LogP contribution is 2.21. The van der Waals surface area contributed by atoms with E-state index in [0.717, 1.165) is 11.8 Å². The number of nitrogens with one attached hydrogen (secondary N) is 1. The minimum atomic E-state index is -3.50. The van der Waals surface area contributed by atoms with Crippen LogP contribution in [-0.2, 0) is 26.2 Å². The molecule has 2 aromatic rings. The average molecular weight is 466 g/mol. The van der Waals surface area contributed by atoms with Gasteiger partial charge in [0.25, 0.3) is 0 Å². The topological polar surface area (TPSA) is 86.8 Å². The van der Waals surface area contributed by atoms with Gasteiger partial charge in [0.15, 0.2) is 0 Å². The van der Waals surface area contributed by atoms with Crippen LogP contribution in [0.1, 0.15) is 25.3 Å². The highest BCUT2D eigenvalue weighted by atomic mass is 35.5. The van der Waals surface area contributed by atoms with Crippen molar-refractivity contribution in [3.63, 3.8) is 0 Å². The lowest BCUT2D eigenvalue weighted by Gasteiger charge is -2.29. The Bertz CT molecular complexity index is 999. The maximum absolute atomic E-state index is 13.0. The second-order valence-electron chi connectivity index (χ2n) is 7.18. The molecule has 9 heteroatoms. The Morgan fingerprint density at radius 2 is 1.68 bits per heavy atom. The second kappa shape index (κ2) is 11.2. The van der Waals surface area contributed by atoms with Crippen LogP contribution in [0.5, 0.6) is 0 Å². The molecule has 31 heavy (non-hydrogen) atoms. The number of amides is 2. The van der Waals surface area contributed by atoms with Crippen molar-refractivity contribution in [3.8, 4) is 0 Å². The molecular weight excluding hydrogens is 438 g/mol. The summed E-state index contributed by atoms with van der Waals surface area (Å²) >= 11 is 6.24. The van der Waals surface area contributed by atoms with E-state index in [-0.39, 0.29) is 31.3 Å². The largest absolute Gasteiger partial charge is 0.357 e. The van der Waals surface area contributed by atoms with Crippen LogP contribution in [0.25, 0.3) is 0 Å². The van der Waals surface area contributed by atoms with Crippen LogP contribution >= 0.6 is 11.6 Å². The van der Waals surface area contributed by atoms with E-state index in [0.29, 0.717) is 17.1 Å². The van der Waals surface area contributed by atoms with E-state index in [1.807, 2.05) is 6.07 Å². The number of anilines is 1. The molecule has 0 aliphatic rings. The third-order valence-electron chi connectivity index (χ3n) is 4.91. The zero-order valence-electron chi connectivity index (χ0n) is 17.9. The number of halogens is 1. The summed E-state index contributed by atoms with van der Waals surface area (Å²) in [6.45, 7) is 1.99. The quantitative estimate of drug-likeness (QED) is 0.584. The molecule has 0 saturated carbocycles. The van der Waals surface area contributed by atoms with Gasteiger partial charge in [-0.3, -0.25) is 13.9 Å². The van der Waals surface area contributed by atoms with E-state index in [1.165, 1.54) is 16.3 Å². The van der Waals surface area contributed by atoms with Crippen molar-refractivity contribution < 1.29 is 18.0 Å². The number of sulfonamides is 1. The van der Waals surface area contributed by atoms with Gasteiger partial charge in [-0.1, -0.05) is 48.0 Å². The molecule has 0 aliphatic heterocycles. The lowest BCUT2D eigenvalue weighted by molar-refractivity contribution is -0.140. The molecule has 2 amide bonds. The van der Waals surface area contributed by atoms with Crippen LogP contribution in [-0.4, -0.2) is 51.0 Å². The number of hydrogen-bond donors (Lipinski definition) is 1. The van der Waals surface area contributed by atoms with Crippen molar-refractivity contribution in [1.29, 1.82) is 0 Å². The second-order valence-corrected chi connectivity index (χ2v) is 9.49. The first-order valence-corrected chi connectivity index (χ1v) is 12.1. The van der Waals surface area contributed by atoms with E-state index in [4.69, 9.17) is 11.6 Å². The van der Waals surface area contributed by atoms with Crippen molar-refractivity contribution in [2.45, 2.75) is 32.4 Å². The predicted octanol–water partition coefficient (Wildman–Crippen LogP) is 3.05. The van der Waals surface area contributed by atoms with Crippen LogP contribution < -0.4 is 9.62 Å². The van der Waals surface area contributed by atoms with Crippen LogP contribution in [0.15, 0.2) is 54.6 Å². The number of carbonyl (C=O) groups excluding carboxylic acids is 2. The van der Waals surface area contributed by atoms with Gasteiger partial charge < -0.3 is 10.2 Å². The van der Waals surface area contributed by atoms with Gasteiger partial charge in [0, 0.05) is 31.6 Å². The van der Waals surface area contributed by atoms with Crippen molar-refractivity contribution in [1.82, 2.24) is 10.2 Å². The summed E-state index contributed by atoms with van der Waals surface area (Å²) in [5, 5.41) is 3.07. The Labute approximate surface area is 189 Å². The Morgan fingerprint density at radius 3 is 2.26 bits per heavy atom. The molecule has 168 valence electrons. The van der Waals surface area contributed by atoms with Gasteiger partial charge in [0.2, 0.25) is 21.8 Å². The van der Waals surface area contributed by atoms with Crippen LogP contribution in [0.4, 0.5) is 5.69 Å². The molecule has 0 bridgehead atoms. The van der Waals surface area contributed by atoms with Gasteiger partial charge in [0.1, 0.15) is 6.04 Å². The van der Waals surface area contributed by atoms with Crippen LogP contribution in [0.2, 0.25) is 5.02 Å². The van der Waals surface area contributed by atoms with Gasteiger partial charge >= 0.3 is 0 Å². The van der Waals surface area contributed by atoms with Crippen LogP contribution in [0.3, 0.4) is 0 Å². The Kier molecular flexibility index (Phi) is 8.88. The minimum Gasteiger partial charge on any atom is -0.357 e. The minimum absolute atomic E-state index is 0.0879. The number of para-hydroxylation sites is 1. The van der Waals surface area contributed by atoms with Crippen molar-refractivity contribution >= 4 is 39.1 Å². The first-order valence-electron chi connectivity index (χ1n) is 9.92. The summed E-state index contributed by atoms with van der Waals surface area (Å²) in [5.41, 5.74) is 1.28. The summed E-state index contributed by atoms with van der Waals surface area (Å²) in [6, 6.07) is 15.2. The number of hydrogen-bond acceptors (Lipinski definition) is 4. The Balaban J connectivity index is 2.13. The lowest BCUT2D eigenvalue weighted by atomic mass is 10.1. The summed E-state index contributed by atoms with van der Waals surface area (Å²) in [4.78, 5) is 26.7. The van der Waals surface area contributed by atoms with E-state index in [1.54, 1.807) is 55.5 Å². The molecule has 1 N–H and O–H groups in total. The van der Waals surface area contributed by atoms with E-state index < -0.39 is 16.1 Å². The SMILES string of the molecule is CNC(=O)[C@H](C)N(Cc1ccccc1Cl)C(=O)CCCN(c1ccccc1)S(C)(=O)=O. The number of carbonyl (C=O) groups is 2. The maximum Gasteiger partial charge on any atom is 0.242 e. The van der Waals surface area contributed by atoms with Gasteiger partial charge in [0.05, 0.1) is 11.9 Å². The molecular formula is C22H28ClN3O4S. The standard InChI is InChI=1S/C22H28ClN3O4S/c1-17(22(28)24-2)25(16-18-10-7-8-13-20(18)23)21(27)14-9-15-26(31(3,29)30)19-11-5-4-6-12-19/h4-8,10-13,17H,9,14-16H2,1-3H3,(H,24,28)/t17-/m0/s1. The molecule has 0 aromatic heterocycles. The fraction of sp³-hybridized carbons (Fsp3) is 0.364. The summed E-state index contributed by atoms with van der Waals surface area (Å²) in [5.74, 6) is -0.542. The molecule has 0 spiro atoms. The Morgan fingerprint density at radius 1 is 1.06 bits per heavy atom. The molecule has 0 unspecified atom stereocenters. The predicted molar refractivity (Wildman–Crippen MR) is 123 cm³/mol. The van der Waals surface area contributed by atoms with Crippen molar-refractivity contribution in [2.24, 2.45) is 0 Å². The first-order chi connectivity index (χ1) is 14.6. The molecule has 7 nitrogen and oxygen atoms in total. The first kappa shape index (κ1) is 24.7. The average Bonchev–Trinajstić information content (AvgIpc) is 2.74. The highest BCUT2D eigenvalue weighted by molar-refractivity contribution is 7.92.